The second-order valence-corrected chi connectivity index (χ2v) is 5.48. The molecule has 0 spiro atoms. The summed E-state index contributed by atoms with van der Waals surface area (Å²) in [5.41, 5.74) is 0. The Labute approximate surface area is 118 Å². The van der Waals surface area contributed by atoms with Gasteiger partial charge in [0.2, 0.25) is 5.88 Å². The van der Waals surface area contributed by atoms with Gasteiger partial charge < -0.3 is 14.7 Å². The number of hydrogen-bond donors (Lipinski definition) is 1. The van der Waals surface area contributed by atoms with Crippen molar-refractivity contribution in [2.45, 2.75) is 45.8 Å². The summed E-state index contributed by atoms with van der Waals surface area (Å²) in [6.45, 7) is 6.47. The fourth-order valence-corrected chi connectivity index (χ4v) is 2.60. The van der Waals surface area contributed by atoms with Crippen molar-refractivity contribution >= 4 is 11.8 Å². The Hall–Kier alpha value is -1.85. The summed E-state index contributed by atoms with van der Waals surface area (Å²) in [6, 6.07) is -0.549. The van der Waals surface area contributed by atoms with Crippen LogP contribution in [0.1, 0.15) is 33.6 Å². The van der Waals surface area contributed by atoms with Crippen molar-refractivity contribution in [3.8, 4) is 5.88 Å². The van der Waals surface area contributed by atoms with Crippen LogP contribution in [0.4, 0.5) is 5.82 Å². The highest BCUT2D eigenvalue weighted by Crippen LogP contribution is 2.28. The van der Waals surface area contributed by atoms with Crippen LogP contribution in [-0.4, -0.2) is 39.7 Å². The van der Waals surface area contributed by atoms with Crippen molar-refractivity contribution in [2.24, 2.45) is 5.92 Å². The quantitative estimate of drug-likeness (QED) is 0.908. The zero-order valence-corrected chi connectivity index (χ0v) is 12.1. The molecule has 2 rings (SSSR count). The number of carbonyl (C=O) groups is 1. The Bertz CT molecular complexity index is 478. The molecule has 1 aromatic rings. The Morgan fingerprint density at radius 3 is 2.90 bits per heavy atom. The summed E-state index contributed by atoms with van der Waals surface area (Å²) in [6.07, 6.45) is 5.04. The number of piperidine rings is 1. The van der Waals surface area contributed by atoms with Crippen molar-refractivity contribution < 1.29 is 14.6 Å². The average molecular weight is 279 g/mol. The van der Waals surface area contributed by atoms with Gasteiger partial charge in [0.05, 0.1) is 18.5 Å². The van der Waals surface area contributed by atoms with Crippen molar-refractivity contribution in [3.63, 3.8) is 0 Å². The first-order chi connectivity index (χ1) is 9.49. The Balaban J connectivity index is 2.26. The smallest absolute Gasteiger partial charge is 0.326 e. The first-order valence-electron chi connectivity index (χ1n) is 6.97. The third kappa shape index (κ3) is 3.18. The number of aromatic nitrogens is 2. The third-order valence-corrected chi connectivity index (χ3v) is 3.44. The van der Waals surface area contributed by atoms with Gasteiger partial charge >= 0.3 is 5.97 Å². The molecule has 110 valence electrons. The summed E-state index contributed by atoms with van der Waals surface area (Å²) in [7, 11) is 0. The lowest BCUT2D eigenvalue weighted by Crippen LogP contribution is -2.49. The van der Waals surface area contributed by atoms with Crippen LogP contribution in [-0.2, 0) is 4.79 Å². The van der Waals surface area contributed by atoms with Gasteiger partial charge in [-0.25, -0.2) is 4.79 Å². The molecular formula is C14H21N3O3. The number of nitrogens with zero attached hydrogens (tertiary/aromatic N) is 3. The van der Waals surface area contributed by atoms with Crippen LogP contribution in [0.5, 0.6) is 5.88 Å². The predicted octanol–water partition coefficient (Wildman–Crippen LogP) is 1.95. The van der Waals surface area contributed by atoms with Gasteiger partial charge in [0.15, 0.2) is 5.82 Å². The van der Waals surface area contributed by atoms with Gasteiger partial charge in [0, 0.05) is 6.54 Å². The number of carboxylic acid groups (broad SMARTS) is 1. The summed E-state index contributed by atoms with van der Waals surface area (Å²) in [4.78, 5) is 21.8. The van der Waals surface area contributed by atoms with Crippen molar-refractivity contribution in [3.05, 3.63) is 12.4 Å². The van der Waals surface area contributed by atoms with Crippen molar-refractivity contribution in [1.82, 2.24) is 9.97 Å². The first-order valence-corrected chi connectivity index (χ1v) is 6.97. The largest absolute Gasteiger partial charge is 0.480 e. The van der Waals surface area contributed by atoms with Crippen LogP contribution < -0.4 is 9.64 Å². The van der Waals surface area contributed by atoms with Gasteiger partial charge in [-0.3, -0.25) is 4.98 Å². The molecule has 0 aliphatic carbocycles. The molecule has 6 heteroatoms. The summed E-state index contributed by atoms with van der Waals surface area (Å²) in [5.74, 6) is 0.286. The van der Waals surface area contributed by atoms with Gasteiger partial charge in [0.1, 0.15) is 6.04 Å². The Kier molecular flexibility index (Phi) is 4.42. The van der Waals surface area contributed by atoms with E-state index in [1.165, 1.54) is 0 Å². The zero-order valence-electron chi connectivity index (χ0n) is 12.1. The van der Waals surface area contributed by atoms with Crippen LogP contribution in [0, 0.1) is 5.92 Å². The topological polar surface area (TPSA) is 75.5 Å². The third-order valence-electron chi connectivity index (χ3n) is 3.44. The average Bonchev–Trinajstić information content (AvgIpc) is 2.37. The number of carboxylic acids is 1. The molecule has 0 radical (unpaired) electrons. The molecule has 2 heterocycles. The van der Waals surface area contributed by atoms with E-state index in [0.717, 1.165) is 12.8 Å². The maximum Gasteiger partial charge on any atom is 0.326 e. The standard InChI is InChI=1S/C14H21N3O3/c1-9(2)20-12-8-15-7-11(16-12)17-6-4-5-10(3)13(17)14(18)19/h7-10,13H,4-6H2,1-3H3,(H,18,19). The molecule has 1 aliphatic heterocycles. The van der Waals surface area contributed by atoms with E-state index in [2.05, 4.69) is 9.97 Å². The van der Waals surface area contributed by atoms with E-state index in [-0.39, 0.29) is 12.0 Å². The van der Waals surface area contributed by atoms with E-state index in [9.17, 15) is 9.90 Å². The second kappa shape index (κ2) is 6.07. The molecule has 1 saturated heterocycles. The number of anilines is 1. The molecule has 1 aromatic heterocycles. The van der Waals surface area contributed by atoms with E-state index in [0.29, 0.717) is 18.2 Å². The zero-order chi connectivity index (χ0) is 14.7. The van der Waals surface area contributed by atoms with Crippen molar-refractivity contribution in [1.29, 1.82) is 0 Å². The summed E-state index contributed by atoms with van der Waals surface area (Å²) in [5, 5.41) is 9.43. The van der Waals surface area contributed by atoms with E-state index < -0.39 is 12.0 Å². The lowest BCUT2D eigenvalue weighted by molar-refractivity contribution is -0.140. The molecule has 1 fully saturated rings. The van der Waals surface area contributed by atoms with Crippen molar-refractivity contribution in [2.75, 3.05) is 11.4 Å². The van der Waals surface area contributed by atoms with Gasteiger partial charge in [-0.05, 0) is 32.6 Å². The van der Waals surface area contributed by atoms with Crippen LogP contribution in [0.3, 0.4) is 0 Å². The lowest BCUT2D eigenvalue weighted by atomic mass is 9.91. The molecule has 1 aliphatic rings. The molecule has 20 heavy (non-hydrogen) atoms. The molecular weight excluding hydrogens is 258 g/mol. The van der Waals surface area contributed by atoms with Crippen LogP contribution in [0.2, 0.25) is 0 Å². The van der Waals surface area contributed by atoms with Crippen LogP contribution in [0.15, 0.2) is 12.4 Å². The van der Waals surface area contributed by atoms with Gasteiger partial charge in [-0.1, -0.05) is 6.92 Å². The number of aliphatic carboxylic acids is 1. The highest BCUT2D eigenvalue weighted by Gasteiger charge is 2.35. The number of hydrogen-bond acceptors (Lipinski definition) is 5. The molecule has 0 amide bonds. The summed E-state index contributed by atoms with van der Waals surface area (Å²) >= 11 is 0. The highest BCUT2D eigenvalue weighted by atomic mass is 16.5. The summed E-state index contributed by atoms with van der Waals surface area (Å²) < 4.78 is 5.52. The van der Waals surface area contributed by atoms with E-state index in [4.69, 9.17) is 4.74 Å². The fraction of sp³-hybridized carbons (Fsp3) is 0.643. The van der Waals surface area contributed by atoms with E-state index >= 15 is 0 Å². The monoisotopic (exact) mass is 279 g/mol. The highest BCUT2D eigenvalue weighted by molar-refractivity contribution is 5.78. The normalized spacial score (nSPS) is 22.9. The molecule has 1 N–H and O–H groups in total. The SMILES string of the molecule is CC(C)Oc1cncc(N2CCCC(C)C2C(=O)O)n1. The van der Waals surface area contributed by atoms with Crippen LogP contribution in [0.25, 0.3) is 0 Å². The minimum atomic E-state index is -0.811. The lowest BCUT2D eigenvalue weighted by Gasteiger charge is -2.37. The van der Waals surface area contributed by atoms with Gasteiger partial charge in [0.25, 0.3) is 0 Å². The molecule has 6 nitrogen and oxygen atoms in total. The second-order valence-electron chi connectivity index (χ2n) is 5.48. The van der Waals surface area contributed by atoms with Gasteiger partial charge in [-0.15, -0.1) is 0 Å². The minimum absolute atomic E-state index is 0.00935. The maximum absolute atomic E-state index is 11.5. The number of rotatable bonds is 4. The molecule has 0 bridgehead atoms. The Morgan fingerprint density at radius 1 is 1.50 bits per heavy atom. The first kappa shape index (κ1) is 14.6. The molecule has 2 unspecified atom stereocenters. The fourth-order valence-electron chi connectivity index (χ4n) is 2.60. The van der Waals surface area contributed by atoms with E-state index in [1.54, 1.807) is 12.4 Å². The maximum atomic E-state index is 11.5. The number of ether oxygens (including phenoxy) is 1. The minimum Gasteiger partial charge on any atom is -0.480 e. The Morgan fingerprint density at radius 2 is 2.25 bits per heavy atom. The molecule has 0 saturated carbocycles. The van der Waals surface area contributed by atoms with Gasteiger partial charge in [-0.2, -0.15) is 4.98 Å². The van der Waals surface area contributed by atoms with E-state index in [1.807, 2.05) is 25.7 Å². The van der Waals surface area contributed by atoms with Crippen LogP contribution >= 0.6 is 0 Å². The molecule has 2 atom stereocenters. The molecule has 0 aromatic carbocycles. The predicted molar refractivity (Wildman–Crippen MR) is 75.0 cm³/mol.